The van der Waals surface area contributed by atoms with Gasteiger partial charge >= 0.3 is 0 Å². The smallest absolute Gasteiger partial charge is 0.0393 e. The van der Waals surface area contributed by atoms with Crippen molar-refractivity contribution in [2.75, 3.05) is 6.54 Å². The molecule has 0 saturated carbocycles. The Morgan fingerprint density at radius 2 is 2.15 bits per heavy atom. The second kappa shape index (κ2) is 4.74. The lowest BCUT2D eigenvalue weighted by Gasteiger charge is -2.22. The zero-order valence-electron chi connectivity index (χ0n) is 8.63. The highest BCUT2D eigenvalue weighted by Gasteiger charge is 2.16. The van der Waals surface area contributed by atoms with Gasteiger partial charge in [-0.1, -0.05) is 13.8 Å². The molecular formula is C10H18N2S. The second-order valence-corrected chi connectivity index (χ2v) is 4.01. The molecule has 1 aromatic rings. The van der Waals surface area contributed by atoms with Gasteiger partial charge in [0.2, 0.25) is 0 Å². The predicted molar refractivity (Wildman–Crippen MR) is 58.7 cm³/mol. The minimum atomic E-state index is 0.935. The van der Waals surface area contributed by atoms with Gasteiger partial charge in [0.05, 0.1) is 0 Å². The van der Waals surface area contributed by atoms with E-state index >= 15 is 0 Å². The molecule has 0 atom stereocenters. The number of nitrogens with zero attached hydrogens (tertiary/aromatic N) is 1. The van der Waals surface area contributed by atoms with Crippen molar-refractivity contribution in [1.29, 1.82) is 0 Å². The molecule has 74 valence electrons. The fourth-order valence-corrected chi connectivity index (χ4v) is 2.51. The van der Waals surface area contributed by atoms with Gasteiger partial charge in [-0.25, -0.2) is 5.01 Å². The zero-order chi connectivity index (χ0) is 9.84. The number of hydrazine groups is 1. The minimum absolute atomic E-state index is 0.935. The van der Waals surface area contributed by atoms with E-state index in [0.717, 1.165) is 19.5 Å². The molecule has 1 aliphatic heterocycles. The number of nitrogens with two attached hydrogens (primary N) is 1. The number of hydrogen-bond acceptors (Lipinski definition) is 3. The van der Waals surface area contributed by atoms with Crippen molar-refractivity contribution in [1.82, 2.24) is 5.01 Å². The Labute approximate surface area is 84.3 Å². The van der Waals surface area contributed by atoms with Gasteiger partial charge in [0.15, 0.2) is 0 Å². The van der Waals surface area contributed by atoms with Crippen molar-refractivity contribution in [2.45, 2.75) is 33.7 Å². The van der Waals surface area contributed by atoms with Crippen molar-refractivity contribution in [3.05, 3.63) is 21.4 Å². The van der Waals surface area contributed by atoms with E-state index in [9.17, 15) is 0 Å². The molecule has 2 heterocycles. The third-order valence-corrected chi connectivity index (χ3v) is 3.38. The van der Waals surface area contributed by atoms with Crippen LogP contribution in [-0.2, 0) is 13.0 Å². The van der Waals surface area contributed by atoms with Gasteiger partial charge in [0.25, 0.3) is 0 Å². The zero-order valence-corrected chi connectivity index (χ0v) is 9.45. The summed E-state index contributed by atoms with van der Waals surface area (Å²) in [6.07, 6.45) is 1.13. The number of fused-ring (bicyclic) bond motifs is 1. The monoisotopic (exact) mass is 198 g/mol. The van der Waals surface area contributed by atoms with Crippen LogP contribution in [-0.4, -0.2) is 11.6 Å². The maximum absolute atomic E-state index is 5.72. The summed E-state index contributed by atoms with van der Waals surface area (Å²) in [6, 6.07) is 0. The Morgan fingerprint density at radius 3 is 2.85 bits per heavy atom. The second-order valence-electron chi connectivity index (χ2n) is 3.04. The first-order valence-electron chi connectivity index (χ1n) is 4.83. The molecule has 0 bridgehead atoms. The van der Waals surface area contributed by atoms with Crippen LogP contribution in [0, 0.1) is 6.92 Å². The molecule has 2 rings (SSSR count). The summed E-state index contributed by atoms with van der Waals surface area (Å²) in [5, 5.41) is 4.12. The molecule has 0 amide bonds. The molecule has 0 fully saturated rings. The Bertz CT molecular complexity index is 268. The average molecular weight is 198 g/mol. The van der Waals surface area contributed by atoms with Crippen LogP contribution >= 0.6 is 11.3 Å². The molecule has 0 saturated heterocycles. The van der Waals surface area contributed by atoms with E-state index in [0.29, 0.717) is 0 Å². The molecule has 1 aromatic heterocycles. The average Bonchev–Trinajstić information content (AvgIpc) is 2.52. The van der Waals surface area contributed by atoms with E-state index < -0.39 is 0 Å². The lowest BCUT2D eigenvalue weighted by molar-refractivity contribution is 0.264. The first-order valence-corrected chi connectivity index (χ1v) is 5.71. The van der Waals surface area contributed by atoms with Crippen molar-refractivity contribution in [2.24, 2.45) is 5.84 Å². The van der Waals surface area contributed by atoms with Crippen molar-refractivity contribution in [3.63, 3.8) is 0 Å². The fraction of sp³-hybridized carbons (Fsp3) is 0.600. The molecule has 0 radical (unpaired) electrons. The highest BCUT2D eigenvalue weighted by molar-refractivity contribution is 7.10. The van der Waals surface area contributed by atoms with Crippen LogP contribution in [0.1, 0.15) is 29.9 Å². The molecule has 2 nitrogen and oxygen atoms in total. The third kappa shape index (κ3) is 2.30. The van der Waals surface area contributed by atoms with E-state index in [2.05, 4.69) is 12.3 Å². The largest absolute Gasteiger partial charge is 0.268 e. The summed E-state index contributed by atoms with van der Waals surface area (Å²) in [7, 11) is 0. The first-order chi connectivity index (χ1) is 6.27. The number of aryl methyl sites for hydroxylation is 1. The van der Waals surface area contributed by atoms with Gasteiger partial charge < -0.3 is 0 Å². The lowest BCUT2D eigenvalue weighted by atomic mass is 10.1. The van der Waals surface area contributed by atoms with Crippen LogP contribution in [0.2, 0.25) is 0 Å². The van der Waals surface area contributed by atoms with E-state index in [1.807, 2.05) is 30.2 Å². The van der Waals surface area contributed by atoms with Crippen molar-refractivity contribution in [3.8, 4) is 0 Å². The Hall–Kier alpha value is -0.380. The van der Waals surface area contributed by atoms with E-state index in [-0.39, 0.29) is 0 Å². The standard InChI is InChI=1S/C8H12N2S.C2H6/c1-6-5-11-8-2-3-10(9)4-7(6)8;1-2/h5H,2-4,9H2,1H3;1-2H3. The highest BCUT2D eigenvalue weighted by atomic mass is 32.1. The molecular weight excluding hydrogens is 180 g/mol. The van der Waals surface area contributed by atoms with Gasteiger partial charge in [-0.3, -0.25) is 5.84 Å². The Morgan fingerprint density at radius 1 is 1.46 bits per heavy atom. The normalized spacial score (nSPS) is 16.0. The number of hydrogen-bond donors (Lipinski definition) is 1. The van der Waals surface area contributed by atoms with Crippen LogP contribution in [0.3, 0.4) is 0 Å². The summed E-state index contributed by atoms with van der Waals surface area (Å²) in [5.74, 6) is 5.72. The van der Waals surface area contributed by atoms with Gasteiger partial charge in [-0.2, -0.15) is 0 Å². The van der Waals surface area contributed by atoms with E-state index in [1.165, 1.54) is 16.0 Å². The lowest BCUT2D eigenvalue weighted by Crippen LogP contribution is -2.35. The van der Waals surface area contributed by atoms with Crippen LogP contribution in [0.5, 0.6) is 0 Å². The van der Waals surface area contributed by atoms with Crippen molar-refractivity contribution >= 4 is 11.3 Å². The summed E-state index contributed by atoms with van der Waals surface area (Å²) in [6.45, 7) is 8.10. The number of rotatable bonds is 0. The maximum atomic E-state index is 5.72. The SMILES string of the molecule is CC.Cc1csc2c1CN(N)CC2. The van der Waals surface area contributed by atoms with Gasteiger partial charge in [0, 0.05) is 18.0 Å². The molecule has 0 unspecified atom stereocenters. The summed E-state index contributed by atoms with van der Waals surface area (Å²) >= 11 is 1.87. The topological polar surface area (TPSA) is 29.3 Å². The fourth-order valence-electron chi connectivity index (χ4n) is 1.47. The molecule has 0 aliphatic carbocycles. The molecule has 1 aliphatic rings. The molecule has 3 heteroatoms. The highest BCUT2D eigenvalue weighted by Crippen LogP contribution is 2.26. The van der Waals surface area contributed by atoms with Gasteiger partial charge in [-0.05, 0) is 29.9 Å². The van der Waals surface area contributed by atoms with Crippen LogP contribution in [0.25, 0.3) is 0 Å². The maximum Gasteiger partial charge on any atom is 0.0393 e. The summed E-state index contributed by atoms with van der Waals surface area (Å²) in [5.41, 5.74) is 2.86. The molecule has 0 aromatic carbocycles. The van der Waals surface area contributed by atoms with E-state index in [4.69, 9.17) is 5.84 Å². The van der Waals surface area contributed by atoms with Crippen LogP contribution < -0.4 is 5.84 Å². The molecule has 2 N–H and O–H groups in total. The quantitative estimate of drug-likeness (QED) is 0.648. The van der Waals surface area contributed by atoms with Crippen LogP contribution in [0.15, 0.2) is 5.38 Å². The van der Waals surface area contributed by atoms with Gasteiger partial charge in [-0.15, -0.1) is 11.3 Å². The van der Waals surface area contributed by atoms with Gasteiger partial charge in [0.1, 0.15) is 0 Å². The Kier molecular flexibility index (Phi) is 3.90. The molecule has 13 heavy (non-hydrogen) atoms. The predicted octanol–water partition coefficient (Wildman–Crippen LogP) is 2.31. The van der Waals surface area contributed by atoms with Crippen molar-refractivity contribution < 1.29 is 0 Å². The third-order valence-electron chi connectivity index (χ3n) is 2.18. The minimum Gasteiger partial charge on any atom is -0.268 e. The summed E-state index contributed by atoms with van der Waals surface area (Å²) in [4.78, 5) is 1.53. The van der Waals surface area contributed by atoms with Crippen LogP contribution in [0.4, 0.5) is 0 Å². The number of thiophene rings is 1. The summed E-state index contributed by atoms with van der Waals surface area (Å²) < 4.78 is 0. The molecule has 0 spiro atoms. The Balaban J connectivity index is 0.000000396. The first kappa shape index (κ1) is 10.7. The van der Waals surface area contributed by atoms with E-state index in [1.54, 1.807) is 0 Å².